The molecule has 0 aliphatic heterocycles. The molecule has 2 aromatic carbocycles. The molecule has 4 aromatic rings. The average Bonchev–Trinajstić information content (AvgIpc) is 3.20. The van der Waals surface area contributed by atoms with Crippen LogP contribution in [0.5, 0.6) is 0 Å². The Labute approximate surface area is 201 Å². The van der Waals surface area contributed by atoms with Crippen LogP contribution in [0.25, 0.3) is 17.1 Å². The van der Waals surface area contributed by atoms with Gasteiger partial charge in [0.25, 0.3) is 0 Å². The fourth-order valence-corrected chi connectivity index (χ4v) is 4.08. The van der Waals surface area contributed by atoms with E-state index < -0.39 is 0 Å². The van der Waals surface area contributed by atoms with Crippen molar-refractivity contribution in [3.05, 3.63) is 81.5 Å². The number of carbonyl (C=O) groups excluding carboxylic acids is 1. The predicted molar refractivity (Wildman–Crippen MR) is 128 cm³/mol. The molecule has 0 fully saturated rings. The zero-order valence-corrected chi connectivity index (χ0v) is 19.7. The monoisotopic (exact) mass is 533 g/mol. The van der Waals surface area contributed by atoms with E-state index in [-0.39, 0.29) is 11.7 Å². The summed E-state index contributed by atoms with van der Waals surface area (Å²) in [7, 11) is 0. The van der Waals surface area contributed by atoms with Crippen molar-refractivity contribution in [1.29, 1.82) is 0 Å². The number of hydrogen-bond donors (Lipinski definition) is 1. The van der Waals surface area contributed by atoms with E-state index in [1.807, 2.05) is 41.0 Å². The molecule has 1 N–H and O–H groups in total. The molecule has 156 valence electrons. The first-order valence-electron chi connectivity index (χ1n) is 9.01. The van der Waals surface area contributed by atoms with Crippen LogP contribution in [-0.2, 0) is 4.79 Å². The minimum absolute atomic E-state index is 0.141. The molecule has 0 aliphatic carbocycles. The van der Waals surface area contributed by atoms with E-state index in [1.165, 1.54) is 11.8 Å². The summed E-state index contributed by atoms with van der Waals surface area (Å²) in [4.78, 5) is 16.6. The Morgan fingerprint density at radius 2 is 1.87 bits per heavy atom. The fraction of sp³-hybridized carbons (Fsp3) is 0.0476. The van der Waals surface area contributed by atoms with E-state index in [0.717, 1.165) is 15.7 Å². The van der Waals surface area contributed by atoms with Gasteiger partial charge in [0, 0.05) is 33.8 Å². The van der Waals surface area contributed by atoms with Gasteiger partial charge < -0.3 is 5.32 Å². The van der Waals surface area contributed by atoms with E-state index in [1.54, 1.807) is 30.6 Å². The van der Waals surface area contributed by atoms with E-state index >= 15 is 0 Å². The van der Waals surface area contributed by atoms with Crippen molar-refractivity contribution in [1.82, 2.24) is 19.7 Å². The Bertz CT molecular complexity index is 1220. The number of benzene rings is 2. The number of hydrogen-bond acceptors (Lipinski definition) is 5. The van der Waals surface area contributed by atoms with Crippen LogP contribution in [0.15, 0.2) is 76.6 Å². The van der Waals surface area contributed by atoms with Crippen molar-refractivity contribution in [3.8, 4) is 17.1 Å². The highest BCUT2D eigenvalue weighted by Gasteiger charge is 2.17. The van der Waals surface area contributed by atoms with Crippen molar-refractivity contribution in [2.75, 3.05) is 11.1 Å². The van der Waals surface area contributed by atoms with Gasteiger partial charge in [0.05, 0.1) is 15.8 Å². The summed E-state index contributed by atoms with van der Waals surface area (Å²) < 4.78 is 2.86. The zero-order valence-electron chi connectivity index (χ0n) is 15.8. The quantitative estimate of drug-likeness (QED) is 0.301. The molecule has 0 spiro atoms. The van der Waals surface area contributed by atoms with Crippen LogP contribution in [-0.4, -0.2) is 31.4 Å². The lowest BCUT2D eigenvalue weighted by Crippen LogP contribution is -2.14. The molecule has 1 amide bonds. The van der Waals surface area contributed by atoms with E-state index in [4.69, 9.17) is 23.2 Å². The number of nitrogens with one attached hydrogen (secondary N) is 1. The van der Waals surface area contributed by atoms with Crippen LogP contribution in [0.3, 0.4) is 0 Å². The summed E-state index contributed by atoms with van der Waals surface area (Å²) in [6.07, 6.45) is 3.43. The largest absolute Gasteiger partial charge is 0.325 e. The first-order valence-corrected chi connectivity index (χ1v) is 11.5. The number of carbonyl (C=O) groups is 1. The summed E-state index contributed by atoms with van der Waals surface area (Å²) in [5.74, 6) is 0.585. The lowest BCUT2D eigenvalue weighted by Gasteiger charge is -2.11. The predicted octanol–water partition coefficient (Wildman–Crippen LogP) is 6.13. The minimum Gasteiger partial charge on any atom is -0.325 e. The summed E-state index contributed by atoms with van der Waals surface area (Å²) in [5.41, 5.74) is 2.27. The van der Waals surface area contributed by atoms with Gasteiger partial charge in [0.1, 0.15) is 0 Å². The second kappa shape index (κ2) is 9.82. The van der Waals surface area contributed by atoms with E-state index in [9.17, 15) is 4.79 Å². The third kappa shape index (κ3) is 5.27. The maximum absolute atomic E-state index is 12.5. The topological polar surface area (TPSA) is 72.7 Å². The van der Waals surface area contributed by atoms with Crippen LogP contribution in [0.1, 0.15) is 0 Å². The lowest BCUT2D eigenvalue weighted by atomic mass is 10.2. The third-order valence-corrected chi connectivity index (χ3v) is 6.37. The Morgan fingerprint density at radius 1 is 1.06 bits per heavy atom. The van der Waals surface area contributed by atoms with Crippen molar-refractivity contribution < 1.29 is 4.79 Å². The highest BCUT2D eigenvalue weighted by atomic mass is 79.9. The second-order valence-electron chi connectivity index (χ2n) is 6.33. The van der Waals surface area contributed by atoms with E-state index in [0.29, 0.717) is 26.7 Å². The molecule has 0 unspecified atom stereocenters. The van der Waals surface area contributed by atoms with Gasteiger partial charge in [-0.3, -0.25) is 14.3 Å². The number of thioether (sulfide) groups is 1. The number of pyridine rings is 1. The fourth-order valence-electron chi connectivity index (χ4n) is 2.77. The molecule has 6 nitrogen and oxygen atoms in total. The van der Waals surface area contributed by atoms with Crippen LogP contribution >= 0.6 is 50.9 Å². The molecule has 4 rings (SSSR count). The van der Waals surface area contributed by atoms with Gasteiger partial charge in [-0.15, -0.1) is 10.2 Å². The number of halogens is 3. The molecule has 0 aliphatic rings. The average molecular weight is 535 g/mol. The first kappa shape index (κ1) is 21.8. The number of rotatable bonds is 6. The molecule has 2 aromatic heterocycles. The third-order valence-electron chi connectivity index (χ3n) is 4.17. The van der Waals surface area contributed by atoms with Crippen molar-refractivity contribution in [3.63, 3.8) is 0 Å². The van der Waals surface area contributed by atoms with Crippen LogP contribution in [0, 0.1) is 0 Å². The molecule has 0 bridgehead atoms. The number of nitrogens with zero attached hydrogens (tertiary/aromatic N) is 4. The van der Waals surface area contributed by atoms with Gasteiger partial charge in [-0.2, -0.15) is 0 Å². The summed E-state index contributed by atoms with van der Waals surface area (Å²) in [6, 6.07) is 16.5. The van der Waals surface area contributed by atoms with Gasteiger partial charge in [-0.05, 0) is 54.6 Å². The zero-order chi connectivity index (χ0) is 21.8. The SMILES string of the molecule is O=C(CSc1nnc(-c2cccnc2)n1-c1ccc(Br)cc1)Nc1ccc(Cl)c(Cl)c1. The summed E-state index contributed by atoms with van der Waals surface area (Å²) in [5, 5.41) is 12.9. The van der Waals surface area contributed by atoms with Crippen LogP contribution in [0.2, 0.25) is 10.0 Å². The normalized spacial score (nSPS) is 10.8. The van der Waals surface area contributed by atoms with E-state index in [2.05, 4.69) is 36.4 Å². The summed E-state index contributed by atoms with van der Waals surface area (Å²) >= 11 is 16.7. The molecular weight excluding hydrogens is 521 g/mol. The van der Waals surface area contributed by atoms with Crippen LogP contribution < -0.4 is 5.32 Å². The van der Waals surface area contributed by atoms with Gasteiger partial charge in [-0.25, -0.2) is 0 Å². The van der Waals surface area contributed by atoms with Crippen LogP contribution in [0.4, 0.5) is 5.69 Å². The maximum atomic E-state index is 12.5. The Hall–Kier alpha value is -2.39. The lowest BCUT2D eigenvalue weighted by molar-refractivity contribution is -0.113. The van der Waals surface area contributed by atoms with Crippen molar-refractivity contribution >= 4 is 62.5 Å². The Morgan fingerprint density at radius 3 is 2.58 bits per heavy atom. The number of aromatic nitrogens is 4. The first-order chi connectivity index (χ1) is 15.0. The van der Waals surface area contributed by atoms with Gasteiger partial charge in [-0.1, -0.05) is 50.9 Å². The minimum atomic E-state index is -0.198. The highest BCUT2D eigenvalue weighted by Crippen LogP contribution is 2.29. The number of anilines is 1. The maximum Gasteiger partial charge on any atom is 0.234 e. The molecule has 0 atom stereocenters. The van der Waals surface area contributed by atoms with Gasteiger partial charge in [0.15, 0.2) is 11.0 Å². The molecule has 0 saturated heterocycles. The van der Waals surface area contributed by atoms with Crippen molar-refractivity contribution in [2.24, 2.45) is 0 Å². The summed E-state index contributed by atoms with van der Waals surface area (Å²) in [6.45, 7) is 0. The van der Waals surface area contributed by atoms with Gasteiger partial charge in [0.2, 0.25) is 5.91 Å². The molecule has 31 heavy (non-hydrogen) atoms. The smallest absolute Gasteiger partial charge is 0.234 e. The van der Waals surface area contributed by atoms with Crippen molar-refractivity contribution in [2.45, 2.75) is 5.16 Å². The van der Waals surface area contributed by atoms with Gasteiger partial charge >= 0.3 is 0 Å². The number of amides is 1. The molecule has 2 heterocycles. The standard InChI is InChI=1S/C21H14BrCl2N5OS/c22-14-3-6-16(7-4-14)29-20(13-2-1-9-25-11-13)27-28-21(29)31-12-19(30)26-15-5-8-17(23)18(24)10-15/h1-11H,12H2,(H,26,30). The second-order valence-corrected chi connectivity index (χ2v) is 9.00. The molecule has 0 saturated carbocycles. The molecule has 10 heteroatoms. The molecular formula is C21H14BrCl2N5OS. The Kier molecular flexibility index (Phi) is 6.92. The highest BCUT2D eigenvalue weighted by molar-refractivity contribution is 9.10. The Balaban J connectivity index is 1.57. The molecule has 0 radical (unpaired) electrons.